The van der Waals surface area contributed by atoms with Gasteiger partial charge in [-0.25, -0.2) is 0 Å². The van der Waals surface area contributed by atoms with Crippen LogP contribution in [0.2, 0.25) is 0 Å². The molecule has 4 rings (SSSR count). The van der Waals surface area contributed by atoms with Gasteiger partial charge in [0.15, 0.2) is 0 Å². The third kappa shape index (κ3) is 7.93. The van der Waals surface area contributed by atoms with Crippen LogP contribution in [0.3, 0.4) is 0 Å². The van der Waals surface area contributed by atoms with E-state index in [0.717, 1.165) is 37.2 Å². The zero-order chi connectivity index (χ0) is 26.0. The summed E-state index contributed by atoms with van der Waals surface area (Å²) in [6.07, 6.45) is 3.15. The van der Waals surface area contributed by atoms with Crippen molar-refractivity contribution >= 4 is 34.8 Å². The van der Waals surface area contributed by atoms with E-state index in [9.17, 15) is 14.4 Å². The van der Waals surface area contributed by atoms with Crippen LogP contribution in [-0.2, 0) is 16.0 Å². The predicted molar refractivity (Wildman–Crippen MR) is 148 cm³/mol. The topological polar surface area (TPSA) is 90.5 Å². The quantitative estimate of drug-likeness (QED) is 0.379. The van der Waals surface area contributed by atoms with Crippen LogP contribution in [0.4, 0.5) is 17.1 Å². The number of nitrogens with one attached hydrogen (secondary N) is 3. The third-order valence-electron chi connectivity index (χ3n) is 6.57. The van der Waals surface area contributed by atoms with Crippen molar-refractivity contribution in [2.24, 2.45) is 5.92 Å². The fraction of sp³-hybridized carbons (Fsp3) is 0.300. The van der Waals surface area contributed by atoms with Crippen molar-refractivity contribution in [3.8, 4) is 0 Å². The Bertz CT molecular complexity index is 1200. The number of carbonyl (C=O) groups excluding carboxylic acids is 3. The summed E-state index contributed by atoms with van der Waals surface area (Å²) in [5.41, 5.74) is 3.79. The number of hydrogen-bond acceptors (Lipinski definition) is 4. The van der Waals surface area contributed by atoms with Crippen molar-refractivity contribution in [2.45, 2.75) is 32.6 Å². The van der Waals surface area contributed by atoms with Crippen molar-refractivity contribution < 1.29 is 14.4 Å². The first-order chi connectivity index (χ1) is 18.0. The molecule has 3 amide bonds. The number of hydrogen-bond donors (Lipinski definition) is 3. The van der Waals surface area contributed by atoms with E-state index in [1.165, 1.54) is 0 Å². The van der Waals surface area contributed by atoms with E-state index in [1.54, 1.807) is 30.3 Å². The maximum absolute atomic E-state index is 12.7. The van der Waals surface area contributed by atoms with Crippen molar-refractivity contribution in [2.75, 3.05) is 35.6 Å². The van der Waals surface area contributed by atoms with Crippen LogP contribution in [0.25, 0.3) is 0 Å². The molecular weight excluding hydrogens is 464 g/mol. The molecule has 3 N–H and O–H groups in total. The number of carbonyl (C=O) groups is 3. The van der Waals surface area contributed by atoms with Gasteiger partial charge in [0.05, 0.1) is 6.54 Å². The molecule has 1 saturated heterocycles. The summed E-state index contributed by atoms with van der Waals surface area (Å²) in [5, 5.41) is 8.84. The molecule has 1 heterocycles. The van der Waals surface area contributed by atoms with Gasteiger partial charge in [0.25, 0.3) is 5.91 Å². The van der Waals surface area contributed by atoms with Gasteiger partial charge >= 0.3 is 0 Å². The van der Waals surface area contributed by atoms with Gasteiger partial charge in [0.1, 0.15) is 0 Å². The highest BCUT2D eigenvalue weighted by atomic mass is 16.2. The maximum atomic E-state index is 12.7. The molecule has 0 atom stereocenters. The molecule has 0 saturated carbocycles. The zero-order valence-electron chi connectivity index (χ0n) is 21.2. The number of likely N-dealkylation sites (tertiary alicyclic amines) is 1. The normalized spacial score (nSPS) is 13.6. The second-order valence-corrected chi connectivity index (χ2v) is 9.57. The van der Waals surface area contributed by atoms with Gasteiger partial charge in [-0.05, 0) is 73.2 Å². The van der Waals surface area contributed by atoms with E-state index in [0.29, 0.717) is 35.7 Å². The first kappa shape index (κ1) is 25.9. The standard InChI is InChI=1S/C30H34N4O3/c1-22-16-18-34(19-17-22)30(37)24-11-13-25(14-12-24)32-29(36)21-31-26-8-5-9-27(20-26)33-28(35)15-10-23-6-3-2-4-7-23/h2-9,11-14,20,22,31H,10,15-19,21H2,1H3,(H,32,36)(H,33,35). The Morgan fingerprint density at radius 1 is 0.784 bits per heavy atom. The fourth-order valence-electron chi connectivity index (χ4n) is 4.31. The Balaban J connectivity index is 1.22. The van der Waals surface area contributed by atoms with Crippen molar-refractivity contribution in [3.63, 3.8) is 0 Å². The molecule has 1 aliphatic rings. The number of aryl methyl sites for hydroxylation is 1. The van der Waals surface area contributed by atoms with Gasteiger partial charge in [0.2, 0.25) is 11.8 Å². The van der Waals surface area contributed by atoms with Gasteiger partial charge in [0, 0.05) is 42.1 Å². The van der Waals surface area contributed by atoms with Crippen LogP contribution < -0.4 is 16.0 Å². The molecule has 37 heavy (non-hydrogen) atoms. The Morgan fingerprint density at radius 2 is 1.46 bits per heavy atom. The van der Waals surface area contributed by atoms with Crippen LogP contribution >= 0.6 is 0 Å². The summed E-state index contributed by atoms with van der Waals surface area (Å²) < 4.78 is 0. The van der Waals surface area contributed by atoms with Gasteiger partial charge in [-0.2, -0.15) is 0 Å². The number of benzene rings is 3. The average molecular weight is 499 g/mol. The van der Waals surface area contributed by atoms with Gasteiger partial charge in [-0.1, -0.05) is 43.3 Å². The summed E-state index contributed by atoms with van der Waals surface area (Å²) in [6, 6.07) is 24.2. The van der Waals surface area contributed by atoms with Crippen LogP contribution in [-0.4, -0.2) is 42.3 Å². The van der Waals surface area contributed by atoms with Gasteiger partial charge in [-0.3, -0.25) is 14.4 Å². The molecule has 1 fully saturated rings. The minimum atomic E-state index is -0.207. The van der Waals surface area contributed by atoms with E-state index in [2.05, 4.69) is 22.9 Å². The van der Waals surface area contributed by atoms with Crippen LogP contribution in [0, 0.1) is 5.92 Å². The van der Waals surface area contributed by atoms with Crippen molar-refractivity contribution in [1.82, 2.24) is 4.90 Å². The van der Waals surface area contributed by atoms with E-state index >= 15 is 0 Å². The average Bonchev–Trinajstić information content (AvgIpc) is 2.92. The molecule has 7 heteroatoms. The molecule has 0 radical (unpaired) electrons. The molecule has 0 aliphatic carbocycles. The number of amides is 3. The lowest BCUT2D eigenvalue weighted by Gasteiger charge is -2.30. The molecule has 1 aliphatic heterocycles. The lowest BCUT2D eigenvalue weighted by atomic mass is 9.98. The molecule has 192 valence electrons. The summed E-state index contributed by atoms with van der Waals surface area (Å²) >= 11 is 0. The molecule has 0 bridgehead atoms. The van der Waals surface area contributed by atoms with E-state index < -0.39 is 0 Å². The highest BCUT2D eigenvalue weighted by Gasteiger charge is 2.21. The Hall–Kier alpha value is -4.13. The largest absolute Gasteiger partial charge is 0.376 e. The summed E-state index contributed by atoms with van der Waals surface area (Å²) in [5.74, 6) is 0.441. The molecule has 7 nitrogen and oxygen atoms in total. The lowest BCUT2D eigenvalue weighted by molar-refractivity contribution is -0.116. The van der Waals surface area contributed by atoms with Crippen LogP contribution in [0.15, 0.2) is 78.9 Å². The smallest absolute Gasteiger partial charge is 0.253 e. The number of rotatable bonds is 9. The molecule has 3 aromatic rings. The molecule has 0 spiro atoms. The SMILES string of the molecule is CC1CCN(C(=O)c2ccc(NC(=O)CNc3cccc(NC(=O)CCc4ccccc4)c3)cc2)CC1. The third-order valence-corrected chi connectivity index (χ3v) is 6.57. The number of piperidine rings is 1. The van der Waals surface area contributed by atoms with E-state index in [1.807, 2.05) is 53.4 Å². The fourth-order valence-corrected chi connectivity index (χ4v) is 4.31. The van der Waals surface area contributed by atoms with Crippen molar-refractivity contribution in [1.29, 1.82) is 0 Å². The monoisotopic (exact) mass is 498 g/mol. The summed E-state index contributed by atoms with van der Waals surface area (Å²) in [4.78, 5) is 39.4. The molecular formula is C30H34N4O3. The summed E-state index contributed by atoms with van der Waals surface area (Å²) in [6.45, 7) is 3.88. The second kappa shape index (κ2) is 12.7. The van der Waals surface area contributed by atoms with Gasteiger partial charge < -0.3 is 20.9 Å². The predicted octanol–water partition coefficient (Wildman–Crippen LogP) is 5.18. The number of anilines is 3. The lowest BCUT2D eigenvalue weighted by Crippen LogP contribution is -2.37. The second-order valence-electron chi connectivity index (χ2n) is 9.57. The Kier molecular flexibility index (Phi) is 8.92. The summed E-state index contributed by atoms with van der Waals surface area (Å²) in [7, 11) is 0. The first-order valence-corrected chi connectivity index (χ1v) is 12.8. The molecule has 0 unspecified atom stereocenters. The highest BCUT2D eigenvalue weighted by Crippen LogP contribution is 2.19. The van der Waals surface area contributed by atoms with Gasteiger partial charge in [-0.15, -0.1) is 0 Å². The Morgan fingerprint density at radius 3 is 2.19 bits per heavy atom. The first-order valence-electron chi connectivity index (χ1n) is 12.8. The minimum Gasteiger partial charge on any atom is -0.376 e. The van der Waals surface area contributed by atoms with Crippen LogP contribution in [0.1, 0.15) is 42.1 Å². The number of nitrogens with zero attached hydrogens (tertiary/aromatic N) is 1. The van der Waals surface area contributed by atoms with E-state index in [-0.39, 0.29) is 24.3 Å². The maximum Gasteiger partial charge on any atom is 0.253 e. The Labute approximate surface area is 218 Å². The molecule has 0 aromatic heterocycles. The van der Waals surface area contributed by atoms with E-state index in [4.69, 9.17) is 0 Å². The minimum absolute atomic E-state index is 0.0403. The van der Waals surface area contributed by atoms with Crippen LogP contribution in [0.5, 0.6) is 0 Å². The van der Waals surface area contributed by atoms with Crippen molar-refractivity contribution in [3.05, 3.63) is 90.0 Å². The molecule has 3 aromatic carbocycles. The zero-order valence-corrected chi connectivity index (χ0v) is 21.2. The highest BCUT2D eigenvalue weighted by molar-refractivity contribution is 5.97.